The Kier molecular flexibility index (Phi) is 4.73. The van der Waals surface area contributed by atoms with Crippen LogP contribution in [0.15, 0.2) is 82.7 Å². The second kappa shape index (κ2) is 7.79. The molecule has 0 radical (unpaired) electrons. The molecule has 1 N–H and O–H groups in total. The quantitative estimate of drug-likeness (QED) is 0.375. The predicted octanol–water partition coefficient (Wildman–Crippen LogP) is 3.68. The zero-order chi connectivity index (χ0) is 27.3. The van der Waals surface area contributed by atoms with E-state index in [9.17, 15) is 18.0 Å². The number of pyridine rings is 1. The summed E-state index contributed by atoms with van der Waals surface area (Å²) in [4.78, 5) is 29.0. The van der Waals surface area contributed by atoms with Crippen LogP contribution in [0.5, 0.6) is 0 Å². The van der Waals surface area contributed by atoms with Gasteiger partial charge in [0.25, 0.3) is 15.6 Å². The number of aromatic nitrogens is 4. The molecule has 2 aliphatic rings. The van der Waals surface area contributed by atoms with E-state index < -0.39 is 21.0 Å². The van der Waals surface area contributed by atoms with Gasteiger partial charge in [-0.2, -0.15) is 5.10 Å². The van der Waals surface area contributed by atoms with Gasteiger partial charge < -0.3 is 9.47 Å². The molecule has 196 valence electrons. The molecule has 0 bridgehead atoms. The third-order valence-corrected chi connectivity index (χ3v) is 9.96. The predicted molar refractivity (Wildman–Crippen MR) is 147 cm³/mol. The van der Waals surface area contributed by atoms with Gasteiger partial charge in [-0.25, -0.2) is 12.4 Å². The highest BCUT2D eigenvalue weighted by Crippen LogP contribution is 2.66. The van der Waals surface area contributed by atoms with Crippen molar-refractivity contribution in [3.05, 3.63) is 100 Å². The fourth-order valence-electron chi connectivity index (χ4n) is 6.19. The van der Waals surface area contributed by atoms with Gasteiger partial charge in [-0.3, -0.25) is 14.7 Å². The molecule has 9 nitrogen and oxygen atoms in total. The minimum Gasteiger partial charge on any atom is -0.316 e. The Morgan fingerprint density at radius 1 is 1.03 bits per heavy atom. The number of anilines is 1. The lowest BCUT2D eigenvalue weighted by Crippen LogP contribution is -2.29. The summed E-state index contributed by atoms with van der Waals surface area (Å²) in [6, 6.07) is 17.7. The Labute approximate surface area is 224 Å². The van der Waals surface area contributed by atoms with Crippen LogP contribution in [0.2, 0.25) is 0 Å². The largest absolute Gasteiger partial charge is 0.316 e. The zero-order valence-electron chi connectivity index (χ0n) is 21.5. The molecule has 1 saturated carbocycles. The highest BCUT2D eigenvalue weighted by atomic mass is 32.2. The summed E-state index contributed by atoms with van der Waals surface area (Å²) in [5.74, 6) is -0.200. The average Bonchev–Trinajstić information content (AvgIpc) is 3.20. The first-order valence-corrected chi connectivity index (χ1v) is 14.0. The normalized spacial score (nSPS) is 20.2. The molecule has 1 fully saturated rings. The molecular formula is C29H25N5O4S. The highest BCUT2D eigenvalue weighted by Gasteiger charge is 2.67. The molecule has 1 aliphatic carbocycles. The number of hydrogen-bond acceptors (Lipinski definition) is 5. The third kappa shape index (κ3) is 3.06. The van der Waals surface area contributed by atoms with Crippen LogP contribution in [0.1, 0.15) is 29.0 Å². The second-order valence-electron chi connectivity index (χ2n) is 10.5. The minimum atomic E-state index is -4.17. The Hall–Kier alpha value is -4.44. The molecule has 39 heavy (non-hydrogen) atoms. The molecular weight excluding hydrogens is 514 g/mol. The number of amides is 1. The highest BCUT2D eigenvalue weighted by molar-refractivity contribution is 7.90. The molecule has 10 heteroatoms. The number of aromatic amines is 1. The van der Waals surface area contributed by atoms with Crippen molar-refractivity contribution in [3.63, 3.8) is 0 Å². The van der Waals surface area contributed by atoms with Crippen LogP contribution in [0.3, 0.4) is 0 Å². The Bertz CT molecular complexity index is 1990. The van der Waals surface area contributed by atoms with E-state index in [-0.39, 0.29) is 22.2 Å². The van der Waals surface area contributed by atoms with Gasteiger partial charge in [0.2, 0.25) is 5.91 Å². The maximum atomic E-state index is 14.1. The van der Waals surface area contributed by atoms with Gasteiger partial charge in [-0.05, 0) is 54.8 Å². The van der Waals surface area contributed by atoms with Gasteiger partial charge in [-0.15, -0.1) is 0 Å². The number of carbonyl (C=O) groups excluding carboxylic acids is 1. The lowest BCUT2D eigenvalue weighted by Gasteiger charge is -2.14. The number of aryl methyl sites for hydroxylation is 2. The molecule has 0 saturated heterocycles. The van der Waals surface area contributed by atoms with Crippen LogP contribution in [0.25, 0.3) is 22.3 Å². The fourth-order valence-corrected chi connectivity index (χ4v) is 7.71. The van der Waals surface area contributed by atoms with Crippen molar-refractivity contribution < 1.29 is 13.2 Å². The van der Waals surface area contributed by atoms with Crippen molar-refractivity contribution in [2.45, 2.75) is 29.6 Å². The van der Waals surface area contributed by atoms with E-state index in [0.29, 0.717) is 23.2 Å². The first-order valence-electron chi connectivity index (χ1n) is 12.6. The molecule has 1 amide bonds. The Morgan fingerprint density at radius 3 is 2.49 bits per heavy atom. The summed E-state index contributed by atoms with van der Waals surface area (Å²) in [6.07, 6.45) is 3.86. The summed E-state index contributed by atoms with van der Waals surface area (Å²) in [5, 5.41) is 7.39. The van der Waals surface area contributed by atoms with Crippen molar-refractivity contribution in [3.8, 4) is 11.4 Å². The molecule has 5 aromatic rings. The van der Waals surface area contributed by atoms with Crippen molar-refractivity contribution in [1.29, 1.82) is 0 Å². The van der Waals surface area contributed by atoms with Gasteiger partial charge in [-0.1, -0.05) is 35.9 Å². The monoisotopic (exact) mass is 539 g/mol. The van der Waals surface area contributed by atoms with Crippen LogP contribution in [0.4, 0.5) is 5.69 Å². The van der Waals surface area contributed by atoms with Gasteiger partial charge >= 0.3 is 0 Å². The average molecular weight is 540 g/mol. The first-order chi connectivity index (χ1) is 18.7. The molecule has 3 aromatic heterocycles. The van der Waals surface area contributed by atoms with Gasteiger partial charge in [0.1, 0.15) is 5.52 Å². The number of rotatable bonds is 4. The van der Waals surface area contributed by atoms with Crippen LogP contribution in [-0.2, 0) is 27.3 Å². The van der Waals surface area contributed by atoms with Crippen LogP contribution >= 0.6 is 0 Å². The summed E-state index contributed by atoms with van der Waals surface area (Å²) in [6.45, 7) is 1.88. The molecule has 4 heterocycles. The van der Waals surface area contributed by atoms with E-state index in [0.717, 1.165) is 26.4 Å². The van der Waals surface area contributed by atoms with Gasteiger partial charge in [0.05, 0.1) is 21.7 Å². The molecule has 1 spiro atoms. The number of nitrogens with one attached hydrogen (secondary N) is 1. The molecule has 2 aromatic carbocycles. The lowest BCUT2D eigenvalue weighted by atomic mass is 9.91. The maximum absolute atomic E-state index is 14.1. The second-order valence-corrected chi connectivity index (χ2v) is 12.2. The fraction of sp³-hybridized carbons (Fsp3) is 0.207. The number of likely N-dealkylation sites (N-methyl/N-ethyl adjacent to an activating group) is 1. The van der Waals surface area contributed by atoms with Crippen molar-refractivity contribution in [1.82, 2.24) is 18.7 Å². The molecule has 0 unspecified atom stereocenters. The molecule has 2 atom stereocenters. The number of H-pyrrole nitrogens is 1. The van der Waals surface area contributed by atoms with Gasteiger partial charge in [0.15, 0.2) is 0 Å². The third-order valence-electron chi connectivity index (χ3n) is 8.23. The zero-order valence-corrected chi connectivity index (χ0v) is 22.4. The van der Waals surface area contributed by atoms with Crippen molar-refractivity contribution in [2.24, 2.45) is 7.05 Å². The van der Waals surface area contributed by atoms with E-state index in [2.05, 4.69) is 10.2 Å². The van der Waals surface area contributed by atoms with Crippen LogP contribution < -0.4 is 10.5 Å². The summed E-state index contributed by atoms with van der Waals surface area (Å²) >= 11 is 0. The molecule has 1 aliphatic heterocycles. The van der Waals surface area contributed by atoms with E-state index in [1.807, 2.05) is 31.2 Å². The summed E-state index contributed by atoms with van der Waals surface area (Å²) < 4.78 is 30.8. The standard InChI is InChI=1S/C29H25N5O4S/c1-17-8-10-18(11-9-17)39(37,38)34-25(23-12-13-30-31-23)14-19-20(16-32(2)27(35)26(19)34)22-15-29(22)21-6-4-5-7-24(21)33(3)28(29)36/h4-14,16,22H,15H2,1-3H3,(H,30,31)/t22-,29-/m0/s1. The smallest absolute Gasteiger partial charge is 0.275 e. The van der Waals surface area contributed by atoms with Crippen molar-refractivity contribution >= 4 is 32.5 Å². The minimum absolute atomic E-state index is 0.0104. The Morgan fingerprint density at radius 2 is 1.77 bits per heavy atom. The number of benzene rings is 2. The van der Waals surface area contributed by atoms with E-state index in [1.54, 1.807) is 61.6 Å². The van der Waals surface area contributed by atoms with E-state index >= 15 is 0 Å². The SMILES string of the molecule is Cc1ccc(S(=O)(=O)n2c(-c3ccn[nH]3)cc3c([C@@H]4C[C@@]45C(=O)N(C)c4ccccc45)cn(C)c(=O)c32)cc1. The Balaban J connectivity index is 1.52. The van der Waals surface area contributed by atoms with Crippen LogP contribution in [0, 0.1) is 6.92 Å². The van der Waals surface area contributed by atoms with Crippen molar-refractivity contribution in [2.75, 3.05) is 11.9 Å². The maximum Gasteiger partial charge on any atom is 0.275 e. The summed E-state index contributed by atoms with van der Waals surface area (Å²) in [5.41, 5.74) is 3.16. The first kappa shape index (κ1) is 23.7. The van der Waals surface area contributed by atoms with Crippen LogP contribution in [-0.4, -0.2) is 40.1 Å². The summed E-state index contributed by atoms with van der Waals surface area (Å²) in [7, 11) is -0.778. The topological polar surface area (TPSA) is 110 Å². The van der Waals surface area contributed by atoms with E-state index in [1.165, 1.54) is 10.8 Å². The lowest BCUT2D eigenvalue weighted by molar-refractivity contribution is -0.120. The number of carbonyl (C=O) groups is 1. The van der Waals surface area contributed by atoms with Gasteiger partial charge in [0, 0.05) is 43.5 Å². The number of fused-ring (bicyclic) bond motifs is 3. The number of nitrogens with zero attached hydrogens (tertiary/aromatic N) is 4. The number of para-hydroxylation sites is 1. The van der Waals surface area contributed by atoms with E-state index in [4.69, 9.17) is 0 Å². The number of hydrogen-bond donors (Lipinski definition) is 1. The molecule has 7 rings (SSSR count).